The van der Waals surface area contributed by atoms with E-state index in [1.54, 1.807) is 13.0 Å². The average Bonchev–Trinajstić information content (AvgIpc) is 2.64. The van der Waals surface area contributed by atoms with Gasteiger partial charge in [-0.1, -0.05) is 0 Å². The smallest absolute Gasteiger partial charge is 0.272 e. The molecule has 1 aliphatic heterocycles. The standard InChI is InChI=1S/C12H16N2O3/c1-9-7-10(3-4-11(9)14(15)16)13-12(2)5-6-17-8-12/h3-4,7,13H,5-6,8H2,1-2H3. The number of nitro groups is 1. The summed E-state index contributed by atoms with van der Waals surface area (Å²) in [4.78, 5) is 10.3. The zero-order chi connectivity index (χ0) is 12.5. The zero-order valence-electron chi connectivity index (χ0n) is 10.0. The Morgan fingerprint density at radius 2 is 2.29 bits per heavy atom. The topological polar surface area (TPSA) is 64.4 Å². The monoisotopic (exact) mass is 236 g/mol. The molecule has 5 heteroatoms. The van der Waals surface area contributed by atoms with Crippen molar-refractivity contribution in [2.75, 3.05) is 18.5 Å². The van der Waals surface area contributed by atoms with Gasteiger partial charge < -0.3 is 10.1 Å². The molecule has 0 aromatic heterocycles. The number of ether oxygens (including phenoxy) is 1. The summed E-state index contributed by atoms with van der Waals surface area (Å²) in [5.74, 6) is 0. The second-order valence-corrected chi connectivity index (χ2v) is 4.75. The number of anilines is 1. The highest BCUT2D eigenvalue weighted by Crippen LogP contribution is 2.27. The molecule has 0 spiro atoms. The lowest BCUT2D eigenvalue weighted by atomic mass is 10.0. The Labute approximate surface area is 99.9 Å². The van der Waals surface area contributed by atoms with Gasteiger partial charge in [0.15, 0.2) is 0 Å². The van der Waals surface area contributed by atoms with Crippen LogP contribution in [0.1, 0.15) is 18.9 Å². The third-order valence-electron chi connectivity index (χ3n) is 3.06. The summed E-state index contributed by atoms with van der Waals surface area (Å²) < 4.78 is 5.35. The number of rotatable bonds is 3. The van der Waals surface area contributed by atoms with E-state index in [1.165, 1.54) is 6.07 Å². The molecule has 17 heavy (non-hydrogen) atoms. The number of nitrogens with zero attached hydrogens (tertiary/aromatic N) is 1. The number of hydrogen-bond donors (Lipinski definition) is 1. The van der Waals surface area contributed by atoms with Gasteiger partial charge >= 0.3 is 0 Å². The first-order valence-electron chi connectivity index (χ1n) is 5.61. The van der Waals surface area contributed by atoms with E-state index >= 15 is 0 Å². The molecule has 1 N–H and O–H groups in total. The maximum absolute atomic E-state index is 10.7. The Bertz CT molecular complexity index is 439. The first-order valence-corrected chi connectivity index (χ1v) is 5.61. The first kappa shape index (κ1) is 11.9. The van der Waals surface area contributed by atoms with Crippen molar-refractivity contribution in [2.24, 2.45) is 0 Å². The molecule has 92 valence electrons. The Morgan fingerprint density at radius 1 is 1.53 bits per heavy atom. The minimum Gasteiger partial charge on any atom is -0.379 e. The van der Waals surface area contributed by atoms with E-state index in [0.717, 1.165) is 18.7 Å². The van der Waals surface area contributed by atoms with Crippen molar-refractivity contribution in [1.82, 2.24) is 0 Å². The molecule has 1 fully saturated rings. The summed E-state index contributed by atoms with van der Waals surface area (Å²) in [7, 11) is 0. The normalized spacial score (nSPS) is 23.6. The van der Waals surface area contributed by atoms with E-state index in [0.29, 0.717) is 12.2 Å². The van der Waals surface area contributed by atoms with E-state index in [9.17, 15) is 10.1 Å². The van der Waals surface area contributed by atoms with Crippen molar-refractivity contribution in [3.05, 3.63) is 33.9 Å². The molecule has 5 nitrogen and oxygen atoms in total. The first-order chi connectivity index (χ1) is 8.00. The predicted molar refractivity (Wildman–Crippen MR) is 65.3 cm³/mol. The molecular weight excluding hydrogens is 220 g/mol. The number of nitrogens with one attached hydrogen (secondary N) is 1. The largest absolute Gasteiger partial charge is 0.379 e. The van der Waals surface area contributed by atoms with Crippen LogP contribution in [0, 0.1) is 17.0 Å². The van der Waals surface area contributed by atoms with Gasteiger partial charge in [-0.05, 0) is 32.4 Å². The van der Waals surface area contributed by atoms with Crippen molar-refractivity contribution in [3.63, 3.8) is 0 Å². The van der Waals surface area contributed by atoms with Crippen LogP contribution in [0.4, 0.5) is 11.4 Å². The number of aryl methyl sites for hydroxylation is 1. The third-order valence-corrected chi connectivity index (χ3v) is 3.06. The van der Waals surface area contributed by atoms with Crippen molar-refractivity contribution < 1.29 is 9.66 Å². The quantitative estimate of drug-likeness (QED) is 0.647. The highest BCUT2D eigenvalue weighted by molar-refractivity contribution is 5.54. The van der Waals surface area contributed by atoms with E-state index in [-0.39, 0.29) is 16.1 Å². The van der Waals surface area contributed by atoms with Crippen molar-refractivity contribution in [3.8, 4) is 0 Å². The molecule has 1 saturated heterocycles. The van der Waals surface area contributed by atoms with E-state index in [1.807, 2.05) is 6.07 Å². The van der Waals surface area contributed by atoms with E-state index in [4.69, 9.17) is 4.74 Å². The van der Waals surface area contributed by atoms with Crippen LogP contribution in [0.5, 0.6) is 0 Å². The SMILES string of the molecule is Cc1cc(NC2(C)CCOC2)ccc1[N+](=O)[O-]. The van der Waals surface area contributed by atoms with Crippen LogP contribution >= 0.6 is 0 Å². The van der Waals surface area contributed by atoms with Gasteiger partial charge in [-0.3, -0.25) is 10.1 Å². The molecule has 0 aliphatic carbocycles. The Morgan fingerprint density at radius 3 is 2.82 bits per heavy atom. The maximum atomic E-state index is 10.7. The minimum atomic E-state index is -0.362. The van der Waals surface area contributed by atoms with Crippen LogP contribution in [0.3, 0.4) is 0 Å². The van der Waals surface area contributed by atoms with Crippen molar-refractivity contribution >= 4 is 11.4 Å². The van der Waals surface area contributed by atoms with E-state index < -0.39 is 0 Å². The molecule has 0 bridgehead atoms. The van der Waals surface area contributed by atoms with Crippen LogP contribution in [-0.4, -0.2) is 23.7 Å². The van der Waals surface area contributed by atoms with Crippen LogP contribution in [0.15, 0.2) is 18.2 Å². The Kier molecular flexibility index (Phi) is 3.02. The molecule has 1 aromatic carbocycles. The Hall–Kier alpha value is -1.62. The van der Waals surface area contributed by atoms with E-state index in [2.05, 4.69) is 12.2 Å². The molecule has 1 heterocycles. The van der Waals surface area contributed by atoms with Crippen molar-refractivity contribution in [2.45, 2.75) is 25.8 Å². The minimum absolute atomic E-state index is 0.0669. The van der Waals surface area contributed by atoms with Crippen LogP contribution in [0.2, 0.25) is 0 Å². The number of benzene rings is 1. The predicted octanol–water partition coefficient (Wildman–Crippen LogP) is 2.49. The molecule has 0 saturated carbocycles. The lowest BCUT2D eigenvalue weighted by Crippen LogP contribution is -2.34. The zero-order valence-corrected chi connectivity index (χ0v) is 10.0. The second kappa shape index (κ2) is 4.33. The van der Waals surface area contributed by atoms with Gasteiger partial charge in [0, 0.05) is 23.9 Å². The molecule has 0 radical (unpaired) electrons. The average molecular weight is 236 g/mol. The van der Waals surface area contributed by atoms with Gasteiger partial charge in [0.1, 0.15) is 0 Å². The fraction of sp³-hybridized carbons (Fsp3) is 0.500. The van der Waals surface area contributed by atoms with Crippen LogP contribution < -0.4 is 5.32 Å². The number of nitro benzene ring substituents is 1. The molecule has 1 aliphatic rings. The summed E-state index contributed by atoms with van der Waals surface area (Å²) >= 11 is 0. The second-order valence-electron chi connectivity index (χ2n) is 4.75. The molecular formula is C12H16N2O3. The number of hydrogen-bond acceptors (Lipinski definition) is 4. The third kappa shape index (κ3) is 2.55. The van der Waals surface area contributed by atoms with Gasteiger partial charge in [-0.25, -0.2) is 0 Å². The Balaban J connectivity index is 2.17. The maximum Gasteiger partial charge on any atom is 0.272 e. The van der Waals surface area contributed by atoms with Gasteiger partial charge in [0.2, 0.25) is 0 Å². The highest BCUT2D eigenvalue weighted by atomic mass is 16.6. The highest BCUT2D eigenvalue weighted by Gasteiger charge is 2.29. The van der Waals surface area contributed by atoms with Gasteiger partial charge in [-0.15, -0.1) is 0 Å². The lowest BCUT2D eigenvalue weighted by molar-refractivity contribution is -0.385. The molecule has 1 aromatic rings. The van der Waals surface area contributed by atoms with Crippen LogP contribution in [0.25, 0.3) is 0 Å². The molecule has 1 unspecified atom stereocenters. The summed E-state index contributed by atoms with van der Waals surface area (Å²) in [6.07, 6.45) is 0.947. The van der Waals surface area contributed by atoms with Gasteiger partial charge in [0.25, 0.3) is 5.69 Å². The molecule has 0 amide bonds. The lowest BCUT2D eigenvalue weighted by Gasteiger charge is -2.25. The summed E-state index contributed by atoms with van der Waals surface area (Å²) in [5, 5.41) is 14.1. The fourth-order valence-electron chi connectivity index (χ4n) is 2.05. The summed E-state index contributed by atoms with van der Waals surface area (Å²) in [6, 6.07) is 5.09. The van der Waals surface area contributed by atoms with Gasteiger partial charge in [-0.2, -0.15) is 0 Å². The summed E-state index contributed by atoms with van der Waals surface area (Å²) in [5.41, 5.74) is 1.66. The van der Waals surface area contributed by atoms with Crippen LogP contribution in [-0.2, 0) is 4.74 Å². The fourth-order valence-corrected chi connectivity index (χ4v) is 2.05. The van der Waals surface area contributed by atoms with Crippen molar-refractivity contribution in [1.29, 1.82) is 0 Å². The molecule has 2 rings (SSSR count). The summed E-state index contributed by atoms with van der Waals surface area (Å²) in [6.45, 7) is 5.27. The van der Waals surface area contributed by atoms with Gasteiger partial charge in [0.05, 0.1) is 17.1 Å². The molecule has 1 atom stereocenters.